The fourth-order valence-corrected chi connectivity index (χ4v) is 3.34. The van der Waals surface area contributed by atoms with Crippen molar-refractivity contribution in [2.24, 2.45) is 0 Å². The molecule has 0 unspecified atom stereocenters. The summed E-state index contributed by atoms with van der Waals surface area (Å²) in [5.41, 5.74) is 2.42. The van der Waals surface area contributed by atoms with Crippen LogP contribution < -0.4 is 0 Å². The minimum absolute atomic E-state index is 0.0503. The van der Waals surface area contributed by atoms with E-state index in [-0.39, 0.29) is 11.8 Å². The Morgan fingerprint density at radius 2 is 1.75 bits per heavy atom. The Morgan fingerprint density at radius 1 is 1.12 bits per heavy atom. The molecular weight excluding hydrogens is 324 g/mol. The van der Waals surface area contributed by atoms with E-state index < -0.39 is 0 Å². The second kappa shape index (κ2) is 9.69. The van der Waals surface area contributed by atoms with Crippen molar-refractivity contribution in [1.82, 2.24) is 9.80 Å². The quantitative estimate of drug-likeness (QED) is 0.752. The van der Waals surface area contributed by atoms with Gasteiger partial charge in [-0.3, -0.25) is 9.59 Å². The second-order valence-electron chi connectivity index (χ2n) is 5.91. The van der Waals surface area contributed by atoms with Gasteiger partial charge in [0.05, 0.1) is 24.7 Å². The molecular formula is C18H26N2O3S. The van der Waals surface area contributed by atoms with Crippen molar-refractivity contribution >= 4 is 23.6 Å². The molecule has 6 heteroatoms. The van der Waals surface area contributed by atoms with Crippen LogP contribution in [-0.4, -0.2) is 66.5 Å². The van der Waals surface area contributed by atoms with Gasteiger partial charge >= 0.3 is 0 Å². The molecule has 132 valence electrons. The van der Waals surface area contributed by atoms with Gasteiger partial charge in [0.2, 0.25) is 11.8 Å². The Morgan fingerprint density at radius 3 is 2.38 bits per heavy atom. The Hall–Kier alpha value is -1.53. The first-order valence-corrected chi connectivity index (χ1v) is 9.50. The highest BCUT2D eigenvalue weighted by Crippen LogP contribution is 2.10. The maximum atomic E-state index is 12.2. The highest BCUT2D eigenvalue weighted by molar-refractivity contribution is 8.00. The molecule has 1 aliphatic heterocycles. The minimum atomic E-state index is 0.0503. The monoisotopic (exact) mass is 350 g/mol. The number of rotatable bonds is 7. The van der Waals surface area contributed by atoms with E-state index in [4.69, 9.17) is 4.74 Å². The zero-order chi connectivity index (χ0) is 17.4. The lowest BCUT2D eigenvalue weighted by atomic mass is 10.1. The van der Waals surface area contributed by atoms with E-state index in [9.17, 15) is 9.59 Å². The average Bonchev–Trinajstić information content (AvgIpc) is 2.62. The minimum Gasteiger partial charge on any atom is -0.378 e. The van der Waals surface area contributed by atoms with Gasteiger partial charge in [0.15, 0.2) is 0 Å². The van der Waals surface area contributed by atoms with E-state index in [1.54, 1.807) is 16.8 Å². The number of hydrogen-bond acceptors (Lipinski definition) is 4. The summed E-state index contributed by atoms with van der Waals surface area (Å²) >= 11 is 1.38. The van der Waals surface area contributed by atoms with Gasteiger partial charge in [0.25, 0.3) is 0 Å². The van der Waals surface area contributed by atoms with Crippen LogP contribution in [0.3, 0.4) is 0 Å². The molecule has 0 aromatic heterocycles. The zero-order valence-electron chi connectivity index (χ0n) is 14.5. The van der Waals surface area contributed by atoms with E-state index in [1.807, 2.05) is 0 Å². The third kappa shape index (κ3) is 5.83. The molecule has 0 spiro atoms. The highest BCUT2D eigenvalue weighted by Gasteiger charge is 2.17. The average molecular weight is 350 g/mol. The van der Waals surface area contributed by atoms with Crippen molar-refractivity contribution in [2.45, 2.75) is 19.9 Å². The Bertz CT molecular complexity index is 542. The van der Waals surface area contributed by atoms with Gasteiger partial charge < -0.3 is 14.5 Å². The molecule has 2 amide bonds. The van der Waals surface area contributed by atoms with Crippen molar-refractivity contribution in [3.63, 3.8) is 0 Å². The van der Waals surface area contributed by atoms with Crippen molar-refractivity contribution in [1.29, 1.82) is 0 Å². The standard InChI is InChI=1S/C18H26N2O3S/c1-3-15-4-6-16(7-5-15)12-19(2)17(21)13-24-14-18(22)20-8-10-23-11-9-20/h4-7H,3,8-14H2,1-2H3. The van der Waals surface area contributed by atoms with Gasteiger partial charge in [0.1, 0.15) is 0 Å². The van der Waals surface area contributed by atoms with Crippen molar-refractivity contribution < 1.29 is 14.3 Å². The van der Waals surface area contributed by atoms with Crippen LogP contribution in [0.25, 0.3) is 0 Å². The molecule has 0 N–H and O–H groups in total. The third-order valence-electron chi connectivity index (χ3n) is 4.09. The molecule has 0 saturated carbocycles. The highest BCUT2D eigenvalue weighted by atomic mass is 32.2. The number of carbonyl (C=O) groups is 2. The molecule has 5 nitrogen and oxygen atoms in total. The summed E-state index contributed by atoms with van der Waals surface area (Å²) < 4.78 is 5.23. The van der Waals surface area contributed by atoms with E-state index in [0.29, 0.717) is 44.4 Å². The Balaban J connectivity index is 1.69. The molecule has 0 atom stereocenters. The maximum absolute atomic E-state index is 12.2. The number of hydrogen-bond donors (Lipinski definition) is 0. The molecule has 1 fully saturated rings. The lowest BCUT2D eigenvalue weighted by Crippen LogP contribution is -2.41. The number of ether oxygens (including phenoxy) is 1. The first-order valence-electron chi connectivity index (χ1n) is 8.35. The fraction of sp³-hybridized carbons (Fsp3) is 0.556. The van der Waals surface area contributed by atoms with Crippen molar-refractivity contribution in [2.75, 3.05) is 44.9 Å². The predicted molar refractivity (Wildman–Crippen MR) is 97.0 cm³/mol. The normalized spacial score (nSPS) is 14.5. The van der Waals surface area contributed by atoms with Crippen LogP contribution in [0.2, 0.25) is 0 Å². The van der Waals surface area contributed by atoms with E-state index >= 15 is 0 Å². The SMILES string of the molecule is CCc1ccc(CN(C)C(=O)CSCC(=O)N2CCOCC2)cc1. The number of nitrogens with zero attached hydrogens (tertiary/aromatic N) is 2. The van der Waals surface area contributed by atoms with E-state index in [0.717, 1.165) is 12.0 Å². The summed E-state index contributed by atoms with van der Waals surface area (Å²) in [5, 5.41) is 0. The summed E-state index contributed by atoms with van der Waals surface area (Å²) in [6.45, 7) is 5.24. The summed E-state index contributed by atoms with van der Waals surface area (Å²) in [6.07, 6.45) is 1.02. The van der Waals surface area contributed by atoms with Crippen LogP contribution >= 0.6 is 11.8 Å². The molecule has 0 radical (unpaired) electrons. The van der Waals surface area contributed by atoms with Gasteiger partial charge in [0, 0.05) is 26.7 Å². The number of benzene rings is 1. The van der Waals surface area contributed by atoms with Crippen LogP contribution in [0.15, 0.2) is 24.3 Å². The summed E-state index contributed by atoms with van der Waals surface area (Å²) in [5.74, 6) is 0.827. The predicted octanol–water partition coefficient (Wildman–Crippen LogP) is 1.80. The topological polar surface area (TPSA) is 49.9 Å². The number of aryl methyl sites for hydroxylation is 1. The largest absolute Gasteiger partial charge is 0.378 e. The number of thioether (sulfide) groups is 1. The Labute approximate surface area is 148 Å². The van der Waals surface area contributed by atoms with Crippen LogP contribution in [0.5, 0.6) is 0 Å². The first kappa shape index (κ1) is 18.8. The zero-order valence-corrected chi connectivity index (χ0v) is 15.3. The van der Waals surface area contributed by atoms with E-state index in [2.05, 4.69) is 31.2 Å². The number of amides is 2. The Kier molecular flexibility index (Phi) is 7.59. The first-order chi connectivity index (χ1) is 11.6. The molecule has 24 heavy (non-hydrogen) atoms. The smallest absolute Gasteiger partial charge is 0.232 e. The van der Waals surface area contributed by atoms with Crippen LogP contribution in [0.4, 0.5) is 0 Å². The molecule has 1 aromatic carbocycles. The second-order valence-corrected chi connectivity index (χ2v) is 6.89. The molecule has 0 aliphatic carbocycles. The van der Waals surface area contributed by atoms with Gasteiger partial charge in [-0.15, -0.1) is 11.8 Å². The fourth-order valence-electron chi connectivity index (χ4n) is 2.48. The van der Waals surface area contributed by atoms with Crippen LogP contribution in [-0.2, 0) is 27.3 Å². The summed E-state index contributed by atoms with van der Waals surface area (Å²) in [7, 11) is 1.81. The van der Waals surface area contributed by atoms with Gasteiger partial charge in [-0.25, -0.2) is 0 Å². The molecule has 1 heterocycles. The third-order valence-corrected chi connectivity index (χ3v) is 4.99. The van der Waals surface area contributed by atoms with Crippen LogP contribution in [0.1, 0.15) is 18.1 Å². The van der Waals surface area contributed by atoms with Crippen molar-refractivity contribution in [3.8, 4) is 0 Å². The van der Waals surface area contributed by atoms with Crippen molar-refractivity contribution in [3.05, 3.63) is 35.4 Å². The molecule has 2 rings (SSSR count). The van der Waals surface area contributed by atoms with E-state index in [1.165, 1.54) is 17.3 Å². The van der Waals surface area contributed by atoms with Gasteiger partial charge in [-0.2, -0.15) is 0 Å². The molecule has 1 aromatic rings. The maximum Gasteiger partial charge on any atom is 0.232 e. The lowest BCUT2D eigenvalue weighted by Gasteiger charge is -2.26. The molecule has 1 saturated heterocycles. The molecule has 1 aliphatic rings. The van der Waals surface area contributed by atoms with Crippen LogP contribution in [0, 0.1) is 0 Å². The van der Waals surface area contributed by atoms with Gasteiger partial charge in [-0.1, -0.05) is 31.2 Å². The van der Waals surface area contributed by atoms with Gasteiger partial charge in [-0.05, 0) is 17.5 Å². The summed E-state index contributed by atoms with van der Waals surface area (Å²) in [6, 6.07) is 8.34. The lowest BCUT2D eigenvalue weighted by molar-refractivity contribution is -0.132. The number of carbonyl (C=O) groups excluding carboxylic acids is 2. The number of morpholine rings is 1. The summed E-state index contributed by atoms with van der Waals surface area (Å²) in [4.78, 5) is 27.7. The molecule has 0 bridgehead atoms.